The van der Waals surface area contributed by atoms with Gasteiger partial charge in [-0.25, -0.2) is 13.1 Å². The summed E-state index contributed by atoms with van der Waals surface area (Å²) in [6, 6.07) is 5.84. The lowest BCUT2D eigenvalue weighted by Crippen LogP contribution is -2.34. The van der Waals surface area contributed by atoms with Gasteiger partial charge in [0.2, 0.25) is 10.0 Å². The monoisotopic (exact) mass is 467 g/mol. The van der Waals surface area contributed by atoms with E-state index in [0.29, 0.717) is 13.1 Å². The highest BCUT2D eigenvalue weighted by Crippen LogP contribution is 2.20. The van der Waals surface area contributed by atoms with Gasteiger partial charge in [0, 0.05) is 31.0 Å². The molecule has 0 fully saturated rings. The number of hydrogen-bond donors (Lipinski definition) is 6. The summed E-state index contributed by atoms with van der Waals surface area (Å²) < 4.78 is 87.6. The number of nitrogen functional groups attached to an aromatic ring is 1. The maximum absolute atomic E-state index is 11.0. The minimum absolute atomic E-state index is 0.399. The van der Waals surface area contributed by atoms with Gasteiger partial charge in [-0.15, -0.1) is 0 Å². The highest BCUT2D eigenvalue weighted by atomic mass is 32.3. The van der Waals surface area contributed by atoms with E-state index in [0.717, 1.165) is 29.7 Å². The molecule has 0 amide bonds. The van der Waals surface area contributed by atoms with E-state index >= 15 is 0 Å². The van der Waals surface area contributed by atoms with E-state index in [1.54, 1.807) is 0 Å². The van der Waals surface area contributed by atoms with Crippen LogP contribution in [0.2, 0.25) is 0 Å². The van der Waals surface area contributed by atoms with Gasteiger partial charge in [0.1, 0.15) is 0 Å². The fraction of sp³-hybridized carbons (Fsp3) is 0.500. The van der Waals surface area contributed by atoms with Crippen LogP contribution in [0, 0.1) is 6.92 Å². The number of likely N-dealkylation sites (N-methyl/N-ethyl adjacent to an activating group) is 1. The number of nitrogens with zero attached hydrogens (tertiary/aromatic N) is 1. The first-order valence-corrected chi connectivity index (χ1v) is 12.0. The number of hydrogen-bond acceptors (Lipinski definition) is 8. The average Bonchev–Trinajstić information content (AvgIpc) is 2.42. The summed E-state index contributed by atoms with van der Waals surface area (Å²) in [5.74, 6) is 0. The Morgan fingerprint density at radius 2 is 1.43 bits per heavy atom. The Morgan fingerprint density at radius 1 is 1.00 bits per heavy atom. The second kappa shape index (κ2) is 12.1. The minimum atomic E-state index is -4.67. The van der Waals surface area contributed by atoms with E-state index in [4.69, 9.17) is 40.8 Å². The number of benzene rings is 1. The van der Waals surface area contributed by atoms with Gasteiger partial charge >= 0.3 is 20.8 Å². The first-order valence-electron chi connectivity index (χ1n) is 7.29. The van der Waals surface area contributed by atoms with Crippen LogP contribution in [-0.4, -0.2) is 69.4 Å². The second-order valence-electron chi connectivity index (χ2n) is 5.18. The van der Waals surface area contributed by atoms with Gasteiger partial charge < -0.3 is 10.6 Å². The highest BCUT2D eigenvalue weighted by Gasteiger charge is 2.07. The average molecular weight is 468 g/mol. The van der Waals surface area contributed by atoms with Gasteiger partial charge in [-0.05, 0) is 37.6 Å². The molecule has 0 saturated carbocycles. The van der Waals surface area contributed by atoms with E-state index in [-0.39, 0.29) is 0 Å². The van der Waals surface area contributed by atoms with Gasteiger partial charge in [-0.2, -0.15) is 16.8 Å². The third-order valence-electron chi connectivity index (χ3n) is 2.75. The third kappa shape index (κ3) is 22.5. The van der Waals surface area contributed by atoms with Crippen molar-refractivity contribution in [2.45, 2.75) is 13.8 Å². The Hall–Kier alpha value is -1.53. The number of sulfonamides is 1. The predicted molar refractivity (Wildman–Crippen MR) is 105 cm³/mol. The molecule has 1 rings (SSSR count). The molecule has 0 aliphatic rings. The molecule has 0 atom stereocenters. The van der Waals surface area contributed by atoms with Crippen LogP contribution in [0.4, 0.5) is 11.4 Å². The fourth-order valence-corrected chi connectivity index (χ4v) is 2.15. The van der Waals surface area contributed by atoms with Crippen molar-refractivity contribution < 1.29 is 43.5 Å². The molecule has 0 aliphatic heterocycles. The Kier molecular flexibility index (Phi) is 12.4. The minimum Gasteiger partial charge on any atom is -0.399 e. The zero-order valence-electron chi connectivity index (χ0n) is 15.3. The van der Waals surface area contributed by atoms with Crippen molar-refractivity contribution in [3.8, 4) is 0 Å². The van der Waals surface area contributed by atoms with E-state index < -0.39 is 30.8 Å². The molecule has 0 bridgehead atoms. The van der Waals surface area contributed by atoms with E-state index in [1.807, 2.05) is 32.0 Å². The Balaban J connectivity index is 0. The van der Waals surface area contributed by atoms with Crippen molar-refractivity contribution in [3.63, 3.8) is 0 Å². The number of aryl methyl sites for hydroxylation is 1. The fourth-order valence-electron chi connectivity index (χ4n) is 1.69. The summed E-state index contributed by atoms with van der Waals surface area (Å²) in [6.07, 6.45) is 1.16. The molecule has 0 unspecified atom stereocenters. The highest BCUT2D eigenvalue weighted by molar-refractivity contribution is 7.88. The molecule has 13 nitrogen and oxygen atoms in total. The number of rotatable bonds is 6. The largest absolute Gasteiger partial charge is 0.399 e. The Bertz CT molecular complexity index is 868. The first kappa shape index (κ1) is 28.7. The van der Waals surface area contributed by atoms with Gasteiger partial charge in [0.25, 0.3) is 0 Å². The second-order valence-corrected chi connectivity index (χ2v) is 8.81. The summed E-state index contributed by atoms with van der Waals surface area (Å²) in [5.41, 5.74) is 8.63. The standard InChI is InChI=1S/C12H21N3O2S.2H2O4S/c1-4-15(8-7-14-18(3,16)17)11-5-6-12(13)10(2)9-11;2*1-5(2,3)4/h5-6,9,14H,4,7-8,13H2,1-3H3;2*(H2,1,2,3,4). The van der Waals surface area contributed by atoms with Crippen molar-refractivity contribution >= 4 is 42.2 Å². The molecule has 0 aliphatic carbocycles. The summed E-state index contributed by atoms with van der Waals surface area (Å²) in [5, 5.41) is 0. The van der Waals surface area contributed by atoms with Crippen LogP contribution in [-0.2, 0) is 30.8 Å². The van der Waals surface area contributed by atoms with Crippen LogP contribution < -0.4 is 15.4 Å². The van der Waals surface area contributed by atoms with Gasteiger partial charge in [-0.1, -0.05) is 0 Å². The summed E-state index contributed by atoms with van der Waals surface area (Å²) in [4.78, 5) is 2.10. The maximum atomic E-state index is 11.0. The van der Waals surface area contributed by atoms with Crippen molar-refractivity contribution in [2.24, 2.45) is 0 Å². The van der Waals surface area contributed by atoms with Crippen LogP contribution in [0.3, 0.4) is 0 Å². The van der Waals surface area contributed by atoms with Crippen molar-refractivity contribution in [1.82, 2.24) is 4.72 Å². The van der Waals surface area contributed by atoms with Crippen LogP contribution >= 0.6 is 0 Å². The van der Waals surface area contributed by atoms with E-state index in [1.165, 1.54) is 0 Å². The maximum Gasteiger partial charge on any atom is 0.394 e. The molecule has 0 aromatic heterocycles. The van der Waals surface area contributed by atoms with Crippen LogP contribution in [0.5, 0.6) is 0 Å². The molecule has 1 aromatic rings. The Morgan fingerprint density at radius 3 is 1.75 bits per heavy atom. The van der Waals surface area contributed by atoms with E-state index in [2.05, 4.69) is 9.62 Å². The smallest absolute Gasteiger partial charge is 0.394 e. The SMILES string of the molecule is CCN(CCNS(C)(=O)=O)c1ccc(N)c(C)c1.O=S(=O)(O)O.O=S(=O)(O)O. The van der Waals surface area contributed by atoms with Gasteiger partial charge in [-0.3, -0.25) is 18.2 Å². The van der Waals surface area contributed by atoms with Gasteiger partial charge in [0.15, 0.2) is 0 Å². The van der Waals surface area contributed by atoms with Crippen LogP contribution in [0.15, 0.2) is 18.2 Å². The molecular formula is C12H25N3O10S3. The van der Waals surface area contributed by atoms with Crippen molar-refractivity contribution in [3.05, 3.63) is 23.8 Å². The molecule has 28 heavy (non-hydrogen) atoms. The molecule has 0 saturated heterocycles. The first-order chi connectivity index (χ1) is 12.3. The molecule has 0 heterocycles. The van der Waals surface area contributed by atoms with Gasteiger partial charge in [0.05, 0.1) is 6.26 Å². The lowest BCUT2D eigenvalue weighted by atomic mass is 10.1. The summed E-state index contributed by atoms with van der Waals surface area (Å²) in [6.45, 7) is 5.84. The molecule has 1 aromatic carbocycles. The number of nitrogens with one attached hydrogen (secondary N) is 1. The molecule has 0 radical (unpaired) electrons. The molecule has 7 N–H and O–H groups in total. The topological polar surface area (TPSA) is 225 Å². The third-order valence-corrected chi connectivity index (χ3v) is 3.47. The van der Waals surface area contributed by atoms with E-state index in [9.17, 15) is 8.42 Å². The van der Waals surface area contributed by atoms with Crippen LogP contribution in [0.25, 0.3) is 0 Å². The van der Waals surface area contributed by atoms with Crippen LogP contribution in [0.1, 0.15) is 12.5 Å². The molecule has 16 heteroatoms. The lowest BCUT2D eigenvalue weighted by molar-refractivity contribution is 0.378. The zero-order valence-corrected chi connectivity index (χ0v) is 17.8. The molecular weight excluding hydrogens is 442 g/mol. The molecule has 0 spiro atoms. The number of anilines is 2. The van der Waals surface area contributed by atoms with Crippen molar-refractivity contribution in [1.29, 1.82) is 0 Å². The Labute approximate surface area is 164 Å². The predicted octanol–water partition coefficient (Wildman–Crippen LogP) is -0.353. The normalized spacial score (nSPS) is 11.5. The summed E-state index contributed by atoms with van der Waals surface area (Å²) >= 11 is 0. The number of nitrogens with two attached hydrogens (primary N) is 1. The zero-order chi connectivity index (χ0) is 22.8. The molecule has 166 valence electrons. The quantitative estimate of drug-likeness (QED) is 0.233. The summed E-state index contributed by atoms with van der Waals surface area (Å²) in [7, 11) is -12.5. The lowest BCUT2D eigenvalue weighted by Gasteiger charge is -2.23. The van der Waals surface area contributed by atoms with Crippen molar-refractivity contribution in [2.75, 3.05) is 36.5 Å².